The second kappa shape index (κ2) is 7.74. The molecule has 0 aliphatic carbocycles. The van der Waals surface area contributed by atoms with Crippen LogP contribution in [0.15, 0.2) is 0 Å². The summed E-state index contributed by atoms with van der Waals surface area (Å²) in [7, 11) is 4.34. The normalized spacial score (nSPS) is 24.6. The van der Waals surface area contributed by atoms with Gasteiger partial charge < -0.3 is 15.1 Å². The Labute approximate surface area is 112 Å². The molecule has 2 atom stereocenters. The van der Waals surface area contributed by atoms with Gasteiger partial charge in [0.1, 0.15) is 0 Å². The van der Waals surface area contributed by atoms with Crippen LogP contribution in [0.25, 0.3) is 0 Å². The van der Waals surface area contributed by atoms with E-state index in [2.05, 4.69) is 38.2 Å². The molecule has 0 aromatic rings. The van der Waals surface area contributed by atoms with E-state index < -0.39 is 0 Å². The van der Waals surface area contributed by atoms with Gasteiger partial charge in [-0.05, 0) is 33.1 Å². The Morgan fingerprint density at radius 2 is 1.89 bits per heavy atom. The Balaban J connectivity index is 2.22. The molecule has 4 heteroatoms. The number of nitrogens with two attached hydrogens (primary N) is 1. The second-order valence-electron chi connectivity index (χ2n) is 6.02. The summed E-state index contributed by atoms with van der Waals surface area (Å²) in [6.45, 7) is 7.23. The minimum absolute atomic E-state index is 0.326. The third-order valence-corrected chi connectivity index (χ3v) is 3.89. The fraction of sp³-hybridized carbons (Fsp3) is 0.929. The van der Waals surface area contributed by atoms with E-state index in [0.29, 0.717) is 24.5 Å². The maximum atomic E-state index is 12.2. The number of carbonyl (C=O) groups excluding carboxylic acids is 1. The molecule has 1 fully saturated rings. The lowest BCUT2D eigenvalue weighted by Gasteiger charge is -2.38. The van der Waals surface area contributed by atoms with Gasteiger partial charge in [-0.2, -0.15) is 0 Å². The summed E-state index contributed by atoms with van der Waals surface area (Å²) in [5.41, 5.74) is 0. The number of quaternary nitrogens is 2. The largest absolute Gasteiger partial charge is 0.340 e. The van der Waals surface area contributed by atoms with Gasteiger partial charge in [0, 0.05) is 18.5 Å². The number of amides is 1. The molecule has 3 N–H and O–H groups in total. The van der Waals surface area contributed by atoms with Crippen molar-refractivity contribution in [2.45, 2.75) is 51.6 Å². The van der Waals surface area contributed by atoms with Crippen molar-refractivity contribution in [3.8, 4) is 0 Å². The zero-order valence-corrected chi connectivity index (χ0v) is 12.5. The first-order chi connectivity index (χ1) is 8.52. The molecule has 0 radical (unpaired) electrons. The van der Waals surface area contributed by atoms with Crippen LogP contribution in [-0.4, -0.2) is 56.6 Å². The number of hydrogen-bond acceptors (Lipinski definition) is 1. The van der Waals surface area contributed by atoms with Gasteiger partial charge in [-0.1, -0.05) is 0 Å². The van der Waals surface area contributed by atoms with Crippen LogP contribution >= 0.6 is 0 Å². The maximum Gasteiger partial charge on any atom is 0.278 e. The number of hydrogen-bond donors (Lipinski definition) is 2. The van der Waals surface area contributed by atoms with Crippen molar-refractivity contribution in [3.05, 3.63) is 0 Å². The van der Waals surface area contributed by atoms with Gasteiger partial charge in [0.25, 0.3) is 5.91 Å². The zero-order valence-electron chi connectivity index (χ0n) is 12.5. The Bertz CT molecular complexity index is 245. The zero-order chi connectivity index (χ0) is 13.5. The average Bonchev–Trinajstić information content (AvgIpc) is 2.27. The summed E-state index contributed by atoms with van der Waals surface area (Å²) in [4.78, 5) is 15.8. The van der Waals surface area contributed by atoms with Gasteiger partial charge in [0.05, 0.1) is 27.2 Å². The van der Waals surface area contributed by atoms with Gasteiger partial charge in [-0.3, -0.25) is 4.79 Å². The molecule has 4 nitrogen and oxygen atoms in total. The highest BCUT2D eigenvalue weighted by Gasteiger charge is 2.29. The Hall–Kier alpha value is -0.610. The molecule has 1 amide bonds. The summed E-state index contributed by atoms with van der Waals surface area (Å²) in [5, 5.41) is 2.17. The highest BCUT2D eigenvalue weighted by atomic mass is 16.2. The van der Waals surface area contributed by atoms with Crippen molar-refractivity contribution in [3.63, 3.8) is 0 Å². The van der Waals surface area contributed by atoms with Crippen LogP contribution in [0, 0.1) is 0 Å². The van der Waals surface area contributed by atoms with Crippen LogP contribution in [-0.2, 0) is 4.79 Å². The summed E-state index contributed by atoms with van der Waals surface area (Å²) in [6.07, 6.45) is 4.78. The molecular weight excluding hydrogens is 226 g/mol. The number of nitrogens with zero attached hydrogens (tertiary/aromatic N) is 1. The molecule has 0 saturated carbocycles. The summed E-state index contributed by atoms with van der Waals surface area (Å²) < 4.78 is 0. The lowest BCUT2D eigenvalue weighted by molar-refractivity contribution is -0.860. The molecule has 0 bridgehead atoms. The van der Waals surface area contributed by atoms with Crippen molar-refractivity contribution in [1.29, 1.82) is 0 Å². The van der Waals surface area contributed by atoms with E-state index in [1.54, 1.807) is 0 Å². The molecule has 1 aliphatic heterocycles. The predicted octanol–water partition coefficient (Wildman–Crippen LogP) is -1.13. The number of nitrogens with one attached hydrogen (secondary N) is 1. The Morgan fingerprint density at radius 1 is 1.28 bits per heavy atom. The molecule has 0 aromatic heterocycles. The van der Waals surface area contributed by atoms with E-state index in [-0.39, 0.29) is 0 Å². The maximum absolute atomic E-state index is 12.2. The molecule has 0 aromatic carbocycles. The monoisotopic (exact) mass is 257 g/mol. The molecule has 18 heavy (non-hydrogen) atoms. The van der Waals surface area contributed by atoms with Crippen molar-refractivity contribution < 1.29 is 15.0 Å². The topological polar surface area (TPSA) is 41.4 Å². The molecule has 1 aliphatic rings. The molecular formula is C14H31N3O+2. The highest BCUT2D eigenvalue weighted by Crippen LogP contribution is 2.21. The first-order valence-corrected chi connectivity index (χ1v) is 7.44. The number of carbonyl (C=O) groups is 1. The van der Waals surface area contributed by atoms with Crippen LogP contribution in [0.3, 0.4) is 0 Å². The third kappa shape index (κ3) is 4.94. The molecule has 0 spiro atoms. The minimum atomic E-state index is 0.326. The van der Waals surface area contributed by atoms with Crippen LogP contribution in [0.1, 0.15) is 39.5 Å². The van der Waals surface area contributed by atoms with E-state index in [0.717, 1.165) is 6.54 Å². The Morgan fingerprint density at radius 3 is 2.44 bits per heavy atom. The lowest BCUT2D eigenvalue weighted by Crippen LogP contribution is -3.06. The summed E-state index contributed by atoms with van der Waals surface area (Å²) in [6, 6.07) is 0.863. The molecule has 1 heterocycles. The van der Waals surface area contributed by atoms with E-state index in [1.165, 1.54) is 37.1 Å². The van der Waals surface area contributed by atoms with Gasteiger partial charge >= 0.3 is 0 Å². The van der Waals surface area contributed by atoms with Crippen molar-refractivity contribution >= 4 is 5.91 Å². The number of piperidine rings is 1. The van der Waals surface area contributed by atoms with E-state index in [4.69, 9.17) is 0 Å². The van der Waals surface area contributed by atoms with Crippen LogP contribution in [0.4, 0.5) is 0 Å². The fourth-order valence-electron chi connectivity index (χ4n) is 2.84. The van der Waals surface area contributed by atoms with Crippen molar-refractivity contribution in [2.24, 2.45) is 0 Å². The number of likely N-dealkylation sites (tertiary alicyclic amines) is 1. The van der Waals surface area contributed by atoms with Gasteiger partial charge in [-0.15, -0.1) is 0 Å². The van der Waals surface area contributed by atoms with E-state index >= 15 is 0 Å². The van der Waals surface area contributed by atoms with Crippen LogP contribution in [0.2, 0.25) is 0 Å². The van der Waals surface area contributed by atoms with E-state index in [9.17, 15) is 4.79 Å². The first kappa shape index (κ1) is 15.4. The average molecular weight is 257 g/mol. The smallest absolute Gasteiger partial charge is 0.278 e. The molecule has 1 rings (SSSR count). The highest BCUT2D eigenvalue weighted by molar-refractivity contribution is 5.77. The molecule has 0 unspecified atom stereocenters. The SMILES string of the molecule is C[C@H]1CCC[C@H](C)N1C(=O)C[NH2+]CCC[NH+](C)C. The van der Waals surface area contributed by atoms with Crippen molar-refractivity contribution in [1.82, 2.24) is 4.90 Å². The van der Waals surface area contributed by atoms with Gasteiger partial charge in [0.15, 0.2) is 6.54 Å². The quantitative estimate of drug-likeness (QED) is 0.581. The van der Waals surface area contributed by atoms with Gasteiger partial charge in [0.2, 0.25) is 0 Å². The second-order valence-corrected chi connectivity index (χ2v) is 6.02. The summed E-state index contributed by atoms with van der Waals surface area (Å²) in [5.74, 6) is 0.326. The minimum Gasteiger partial charge on any atom is -0.340 e. The Kier molecular flexibility index (Phi) is 6.65. The summed E-state index contributed by atoms with van der Waals surface area (Å²) >= 11 is 0. The third-order valence-electron chi connectivity index (χ3n) is 3.89. The van der Waals surface area contributed by atoms with Crippen LogP contribution < -0.4 is 10.2 Å². The molecule has 1 saturated heterocycles. The lowest BCUT2D eigenvalue weighted by atomic mass is 9.97. The van der Waals surface area contributed by atoms with Gasteiger partial charge in [-0.25, -0.2) is 0 Å². The standard InChI is InChI=1S/C14H29N3O/c1-12-7-5-8-13(2)17(12)14(18)11-15-9-6-10-16(3)4/h12-13,15H,5-11H2,1-4H3/p+2/t12-,13-/m0/s1. The van der Waals surface area contributed by atoms with Crippen LogP contribution in [0.5, 0.6) is 0 Å². The van der Waals surface area contributed by atoms with E-state index in [1.807, 2.05) is 0 Å². The fourth-order valence-corrected chi connectivity index (χ4v) is 2.84. The first-order valence-electron chi connectivity index (χ1n) is 7.44. The predicted molar refractivity (Wildman–Crippen MR) is 73.6 cm³/mol. The van der Waals surface area contributed by atoms with Crippen molar-refractivity contribution in [2.75, 3.05) is 33.7 Å². The number of rotatable bonds is 6. The molecule has 106 valence electrons.